The van der Waals surface area contributed by atoms with Crippen molar-refractivity contribution in [1.82, 2.24) is 14.7 Å². The van der Waals surface area contributed by atoms with Crippen molar-refractivity contribution < 1.29 is 81.8 Å². The molecule has 0 spiro atoms. The molecule has 3 fully saturated rings. The normalized spacial score (nSPS) is 28.2. The van der Waals surface area contributed by atoms with Gasteiger partial charge in [-0.05, 0) is 81.1 Å². The molecule has 115 heavy (non-hydrogen) atoms. The van der Waals surface area contributed by atoms with E-state index in [4.69, 9.17) is 11.5 Å². The van der Waals surface area contributed by atoms with Crippen LogP contribution >= 0.6 is 35.3 Å². The molecule has 644 valence electrons. The molecule has 26 heteroatoms. The Kier molecular flexibility index (Phi) is 44.4. The molecule has 3 saturated heterocycles. The number of benzene rings is 1. The second-order valence-corrected chi connectivity index (χ2v) is 38.7. The van der Waals surface area contributed by atoms with Crippen LogP contribution in [-0.4, -0.2) is 186 Å². The minimum Gasteiger partial charge on any atom is -0.393 e. The fraction of sp³-hybridized carbons (Fsp3) is 0.742. The lowest BCUT2D eigenvalue weighted by atomic mass is 9.74. The number of Topliss-reactive ketones (excluding diaryl/α,β-unsaturated/α-hetero) is 13. The molecule has 3 aliphatic rings. The van der Waals surface area contributed by atoms with Crippen molar-refractivity contribution in [1.29, 1.82) is 0 Å². The van der Waals surface area contributed by atoms with Crippen LogP contribution in [0.1, 0.15) is 238 Å². The average molecular weight is 1660 g/mol. The largest absolute Gasteiger partial charge is 0.393 e. The number of hydrogen-bond donors (Lipinski definition) is 3. The number of nitrogens with two attached hydrogens (primary N) is 2. The van der Waals surface area contributed by atoms with E-state index in [1.54, 1.807) is 71.9 Å². The summed E-state index contributed by atoms with van der Waals surface area (Å²) in [6.07, 6.45) is -2.93. The van der Waals surface area contributed by atoms with Crippen LogP contribution in [0.4, 0.5) is 0 Å². The topological polar surface area (TPSA) is 367 Å². The number of aliphatic hydroxyl groups is 1. The molecule has 23 nitrogen and oxygen atoms in total. The number of unbranched alkanes of at least 4 members (excludes halogenated alkanes) is 1. The summed E-state index contributed by atoms with van der Waals surface area (Å²) in [6.45, 7) is 27.8. The van der Waals surface area contributed by atoms with Gasteiger partial charge in [-0.1, -0.05) is 134 Å². The van der Waals surface area contributed by atoms with Crippen LogP contribution in [-0.2, 0) is 83.1 Å². The van der Waals surface area contributed by atoms with Crippen LogP contribution < -0.4 is 11.5 Å². The van der Waals surface area contributed by atoms with Gasteiger partial charge in [-0.25, -0.2) is 0 Å². The summed E-state index contributed by atoms with van der Waals surface area (Å²) in [5.74, 6) is -18.4. The minimum absolute atomic E-state index is 0.000238. The Morgan fingerprint density at radius 3 is 1.37 bits per heavy atom. The van der Waals surface area contributed by atoms with E-state index < -0.39 is 154 Å². The molecular formula is C89H138N6O17S3. The van der Waals surface area contributed by atoms with Crippen LogP contribution in [0.3, 0.4) is 0 Å². The summed E-state index contributed by atoms with van der Waals surface area (Å²) < 4.78 is 0. The predicted octanol–water partition coefficient (Wildman–Crippen LogP) is 12.3. The number of aliphatic hydroxyl groups excluding tert-OH is 1. The molecular weight excluding hydrogens is 1520 g/mol. The summed E-state index contributed by atoms with van der Waals surface area (Å²) in [7, 11) is 0. The van der Waals surface area contributed by atoms with Gasteiger partial charge in [-0.15, -0.1) is 0 Å². The van der Waals surface area contributed by atoms with Crippen LogP contribution in [0, 0.1) is 112 Å². The van der Waals surface area contributed by atoms with Gasteiger partial charge >= 0.3 is 0 Å². The maximum absolute atomic E-state index is 15.0. The second kappa shape index (κ2) is 50.5. The van der Waals surface area contributed by atoms with E-state index >= 15 is 9.59 Å². The van der Waals surface area contributed by atoms with Gasteiger partial charge in [0, 0.05) is 208 Å². The predicted molar refractivity (Wildman–Crippen MR) is 454 cm³/mol. The van der Waals surface area contributed by atoms with E-state index in [-0.39, 0.29) is 222 Å². The maximum Gasteiger partial charge on any atom is 0.226 e. The monoisotopic (exact) mass is 1660 g/mol. The Labute approximate surface area is 697 Å². The molecule has 5 N–H and O–H groups in total. The van der Waals surface area contributed by atoms with Gasteiger partial charge in [0.1, 0.15) is 75.2 Å². The van der Waals surface area contributed by atoms with Crippen molar-refractivity contribution in [3.8, 4) is 0 Å². The number of nitrogens with zero attached hydrogens (tertiary/aromatic N) is 4. The van der Waals surface area contributed by atoms with Gasteiger partial charge in [0.25, 0.3) is 0 Å². The van der Waals surface area contributed by atoms with E-state index in [1.807, 2.05) is 55.4 Å². The lowest BCUT2D eigenvalue weighted by molar-refractivity contribution is -0.158. The van der Waals surface area contributed by atoms with Crippen LogP contribution in [0.2, 0.25) is 0 Å². The smallest absolute Gasteiger partial charge is 0.226 e. The fourth-order valence-corrected chi connectivity index (χ4v) is 19.1. The zero-order valence-corrected chi connectivity index (χ0v) is 74.2. The van der Waals surface area contributed by atoms with Crippen molar-refractivity contribution in [2.45, 2.75) is 245 Å². The van der Waals surface area contributed by atoms with Gasteiger partial charge in [-0.3, -0.25) is 81.7 Å². The Balaban J connectivity index is 1.88. The number of amides is 3. The molecule has 1 aromatic rings. The number of fused-ring (bicyclic) bond motifs is 7. The average Bonchev–Trinajstić information content (AvgIpc) is 0.847. The summed E-state index contributed by atoms with van der Waals surface area (Å²) >= 11 is 3.95. The molecule has 0 aromatic heterocycles. The Morgan fingerprint density at radius 1 is 0.443 bits per heavy atom. The highest BCUT2D eigenvalue weighted by Crippen LogP contribution is 2.36. The third-order valence-electron chi connectivity index (χ3n) is 23.7. The molecule has 3 aliphatic heterocycles. The number of rotatable bonds is 16. The first-order valence-corrected chi connectivity index (χ1v) is 45.7. The summed E-state index contributed by atoms with van der Waals surface area (Å²) in [5.41, 5.74) is 11.9. The zero-order valence-electron chi connectivity index (χ0n) is 71.8. The van der Waals surface area contributed by atoms with Gasteiger partial charge in [-0.2, -0.15) is 35.3 Å². The SMILES string of the molecule is CC(=O)[C@H]1CSCCC(=O)N2CN3CN(C2)C(=O)CCSC[C@@H](CC(C)C)C(=O)C[C@H](C(C)C)C(=O)C(C)C(C)C(=O)C[C@H](C(C)C)C(=O)C[C@H](CSCCC3=O)C(=O)C[C@H](C)C(=O)C[C@H](CC(C)C)C(=O)C[C@H](Cc2ccccc2)C(=O)C[C@H](C(C)O)C(=O)C[C@H](CCCCN=C(N)N)C(=O)C[C@H](C)C(=O)C[C@H](C(C)C)C(=O)C1. The number of ketones is 13. The van der Waals surface area contributed by atoms with E-state index in [0.717, 1.165) is 0 Å². The molecule has 3 heterocycles. The summed E-state index contributed by atoms with van der Waals surface area (Å²) in [6, 6.07) is 8.97. The van der Waals surface area contributed by atoms with Crippen LogP contribution in [0.25, 0.3) is 0 Å². The third kappa shape index (κ3) is 34.5. The minimum atomic E-state index is -1.39. The van der Waals surface area contributed by atoms with Crippen molar-refractivity contribution in [2.24, 2.45) is 129 Å². The first kappa shape index (κ1) is 101. The van der Waals surface area contributed by atoms with E-state index in [1.165, 1.54) is 63.8 Å². The molecule has 3 unspecified atom stereocenters. The van der Waals surface area contributed by atoms with Gasteiger partial charge in [0.15, 0.2) is 5.96 Å². The van der Waals surface area contributed by atoms with Gasteiger partial charge < -0.3 is 31.3 Å². The molecule has 0 aliphatic carbocycles. The third-order valence-corrected chi connectivity index (χ3v) is 27.1. The van der Waals surface area contributed by atoms with E-state index in [9.17, 15) is 72.2 Å². The lowest BCUT2D eigenvalue weighted by Crippen LogP contribution is -2.59. The first-order chi connectivity index (χ1) is 54.0. The molecule has 0 radical (unpaired) electrons. The highest BCUT2D eigenvalue weighted by Gasteiger charge is 2.42. The lowest BCUT2D eigenvalue weighted by Gasteiger charge is -2.42. The van der Waals surface area contributed by atoms with Crippen LogP contribution in [0.15, 0.2) is 35.3 Å². The zero-order chi connectivity index (χ0) is 86.2. The summed E-state index contributed by atoms with van der Waals surface area (Å²) in [5, 5.41) is 11.4. The van der Waals surface area contributed by atoms with E-state index in [0.29, 0.717) is 36.3 Å². The van der Waals surface area contributed by atoms with Gasteiger partial charge in [0.05, 0.1) is 32.0 Å². The number of hydrogen-bond acceptors (Lipinski definition) is 21. The van der Waals surface area contributed by atoms with Crippen LogP contribution in [0.5, 0.6) is 0 Å². The second-order valence-electron chi connectivity index (χ2n) is 35.3. The molecule has 0 saturated carbocycles. The quantitative estimate of drug-likeness (QED) is 0.0786. The Bertz CT molecular complexity index is 3520. The van der Waals surface area contributed by atoms with E-state index in [2.05, 4.69) is 4.99 Å². The fourth-order valence-electron chi connectivity index (χ4n) is 15.8. The summed E-state index contributed by atoms with van der Waals surface area (Å²) in [4.78, 5) is 241. The van der Waals surface area contributed by atoms with Crippen molar-refractivity contribution in [3.63, 3.8) is 0 Å². The molecule has 4 bridgehead atoms. The number of thioether (sulfide) groups is 3. The van der Waals surface area contributed by atoms with Crippen molar-refractivity contribution in [2.75, 3.05) is 61.1 Å². The highest BCUT2D eigenvalue weighted by molar-refractivity contribution is 7.99. The molecule has 3 amide bonds. The highest BCUT2D eigenvalue weighted by atomic mass is 32.2. The van der Waals surface area contributed by atoms with Crippen molar-refractivity contribution in [3.05, 3.63) is 35.9 Å². The molecule has 4 rings (SSSR count). The molecule has 1 aromatic carbocycles. The standard InChI is InChI=1S/C89H138N6O17S3/c1-52(2)32-65-38-74(98)57(11)35-78(102)69-41-83(107)71(55(7)8)43-76(100)59(13)60(14)88(112)72(56(9)10)44-81(105)68(33-53(3)4)47-114-30-26-86(110)94-49-93(50-95(51-94)87(111)27-31-115-48-69)85(109)25-29-113-46-67(61(15)96)40-82(106)70(54(5)6)42-75(99)58(12)34-77(101)64(24-20-21-28-92-89(90)91)37-84(108)73(62(16)97)45-80(104)66(39-79(65)103)36-63-22-18-17-19-23-63/h17-19,22-23,52-60,62,64-73,97H,20-21,24-51H2,1-16H3,(H4,90,91,92)/t57-,58-,59?,60?,62?,64-,65-,66-,67+,68+,69+,70+,71+,72+,73+/m0/s1. The maximum atomic E-state index is 15.0. The number of guanidine groups is 1. The number of aliphatic imine (C=N–C) groups is 1. The Hall–Kier alpha value is -6.38. The molecule has 15 atom stereocenters. The first-order valence-electron chi connectivity index (χ1n) is 42.2. The number of carbonyl (C=O) groups excluding carboxylic acids is 16. The van der Waals surface area contributed by atoms with Crippen molar-refractivity contribution >= 4 is 134 Å². The number of carbonyl (C=O) groups is 16. The van der Waals surface area contributed by atoms with Gasteiger partial charge in [0.2, 0.25) is 17.7 Å². The Morgan fingerprint density at radius 2 is 0.861 bits per heavy atom.